The Morgan fingerprint density at radius 2 is 1.65 bits per heavy atom. The number of alkyl halides is 3. The lowest BCUT2D eigenvalue weighted by Gasteiger charge is -2.35. The average Bonchev–Trinajstić information content (AvgIpc) is 2.84. The van der Waals surface area contributed by atoms with Crippen molar-refractivity contribution in [1.82, 2.24) is 20.1 Å². The molecule has 8 nitrogen and oxygen atoms in total. The van der Waals surface area contributed by atoms with Crippen LogP contribution in [-0.4, -0.2) is 58.1 Å². The number of rotatable bonds is 4. The van der Waals surface area contributed by atoms with E-state index in [-0.39, 0.29) is 30.2 Å². The molecule has 0 bridgehead atoms. The molecule has 3 aromatic rings. The predicted octanol–water partition coefficient (Wildman–Crippen LogP) is 3.24. The molecule has 1 saturated heterocycles. The second kappa shape index (κ2) is 9.41. The Kier molecular flexibility index (Phi) is 6.39. The van der Waals surface area contributed by atoms with E-state index in [1.807, 2.05) is 4.90 Å². The van der Waals surface area contributed by atoms with Crippen molar-refractivity contribution in [3.05, 3.63) is 77.4 Å². The van der Waals surface area contributed by atoms with E-state index >= 15 is 0 Å². The van der Waals surface area contributed by atoms with Crippen LogP contribution in [0.5, 0.6) is 0 Å². The van der Waals surface area contributed by atoms with Gasteiger partial charge in [0.15, 0.2) is 11.5 Å². The van der Waals surface area contributed by atoms with E-state index in [0.717, 1.165) is 18.3 Å². The molecule has 1 fully saturated rings. The van der Waals surface area contributed by atoms with Gasteiger partial charge in [-0.15, -0.1) is 10.2 Å². The predicted molar refractivity (Wildman–Crippen MR) is 114 cm³/mol. The number of benzene rings is 1. The zero-order valence-corrected chi connectivity index (χ0v) is 17.6. The number of piperazine rings is 1. The Morgan fingerprint density at radius 1 is 0.912 bits per heavy atom. The third-order valence-electron chi connectivity index (χ3n) is 5.21. The second-order valence-corrected chi connectivity index (χ2v) is 7.42. The van der Waals surface area contributed by atoms with Crippen molar-refractivity contribution in [2.24, 2.45) is 0 Å². The van der Waals surface area contributed by atoms with Crippen LogP contribution >= 0.6 is 0 Å². The number of carbonyl (C=O) groups excluding carboxylic acids is 2. The minimum Gasteiger partial charge on any atom is -0.352 e. The molecule has 0 saturated carbocycles. The number of hydrogen-bond donors (Lipinski definition) is 1. The fourth-order valence-corrected chi connectivity index (χ4v) is 3.47. The number of amides is 2. The first-order valence-corrected chi connectivity index (χ1v) is 10.2. The van der Waals surface area contributed by atoms with Gasteiger partial charge in [0.2, 0.25) is 0 Å². The lowest BCUT2D eigenvalue weighted by molar-refractivity contribution is -0.138. The van der Waals surface area contributed by atoms with E-state index in [9.17, 15) is 27.2 Å². The topological polar surface area (TPSA) is 91.3 Å². The van der Waals surface area contributed by atoms with Crippen LogP contribution in [0.4, 0.5) is 29.2 Å². The van der Waals surface area contributed by atoms with Crippen LogP contribution in [0.1, 0.15) is 26.4 Å². The average molecular weight is 474 g/mol. The molecule has 34 heavy (non-hydrogen) atoms. The molecule has 2 aromatic heterocycles. The molecule has 0 radical (unpaired) electrons. The number of aromatic nitrogens is 3. The molecule has 3 heterocycles. The second-order valence-electron chi connectivity index (χ2n) is 7.42. The van der Waals surface area contributed by atoms with Gasteiger partial charge in [-0.1, -0.05) is 12.1 Å². The highest BCUT2D eigenvalue weighted by Gasteiger charge is 2.36. The number of hydrogen-bond acceptors (Lipinski definition) is 6. The summed E-state index contributed by atoms with van der Waals surface area (Å²) >= 11 is 0. The Hall–Kier alpha value is -4.09. The summed E-state index contributed by atoms with van der Waals surface area (Å²) in [5.74, 6) is -1.17. The molecule has 1 aliphatic heterocycles. The van der Waals surface area contributed by atoms with Crippen LogP contribution in [0.15, 0.2) is 54.7 Å². The molecule has 2 amide bonds. The van der Waals surface area contributed by atoms with Crippen LogP contribution in [0.3, 0.4) is 0 Å². The molecule has 0 unspecified atom stereocenters. The summed E-state index contributed by atoms with van der Waals surface area (Å²) in [6.45, 7) is 1.07. The Labute approximate surface area is 191 Å². The first-order valence-electron chi connectivity index (χ1n) is 10.2. The molecular weight excluding hydrogens is 456 g/mol. The van der Waals surface area contributed by atoms with Crippen molar-refractivity contribution < 1.29 is 27.2 Å². The molecular formula is C22H18F4N6O2. The Balaban J connectivity index is 1.37. The summed E-state index contributed by atoms with van der Waals surface area (Å²) in [7, 11) is 0. The third-order valence-corrected chi connectivity index (χ3v) is 5.21. The summed E-state index contributed by atoms with van der Waals surface area (Å²) in [5.41, 5.74) is -1.32. The minimum absolute atomic E-state index is 0.0208. The number of nitrogens with one attached hydrogen (secondary N) is 1. The highest BCUT2D eigenvalue weighted by atomic mass is 19.4. The van der Waals surface area contributed by atoms with Crippen LogP contribution in [0, 0.1) is 5.82 Å². The number of carbonyl (C=O) groups is 2. The molecule has 1 N–H and O–H groups in total. The standard InChI is InChI=1S/C22H18F4N6O2/c23-14-5-7-18(27-13-14)28-20(33)17-6-8-19(30-29-17)31-9-11-32(12-10-31)21(34)15-3-1-2-4-16(15)22(24,25)26/h1-8,13H,9-12H2,(H,27,28,33). The summed E-state index contributed by atoms with van der Waals surface area (Å²) < 4.78 is 52.7. The van der Waals surface area contributed by atoms with Crippen LogP contribution in [0.25, 0.3) is 0 Å². The van der Waals surface area contributed by atoms with Crippen molar-refractivity contribution in [3.8, 4) is 0 Å². The highest BCUT2D eigenvalue weighted by molar-refractivity contribution is 6.02. The maximum Gasteiger partial charge on any atom is 0.417 e. The van der Waals surface area contributed by atoms with Gasteiger partial charge in [-0.2, -0.15) is 13.2 Å². The fraction of sp³-hybridized carbons (Fsp3) is 0.227. The van der Waals surface area contributed by atoms with Crippen molar-refractivity contribution in [3.63, 3.8) is 0 Å². The van der Waals surface area contributed by atoms with Crippen LogP contribution in [-0.2, 0) is 6.18 Å². The zero-order chi connectivity index (χ0) is 24.3. The third kappa shape index (κ3) is 5.11. The summed E-state index contributed by atoms with van der Waals surface area (Å²) in [6.07, 6.45) is -3.65. The van der Waals surface area contributed by atoms with Crippen molar-refractivity contribution in [2.45, 2.75) is 6.18 Å². The number of pyridine rings is 1. The zero-order valence-electron chi connectivity index (χ0n) is 17.6. The summed E-state index contributed by atoms with van der Waals surface area (Å²) in [5, 5.41) is 10.4. The first-order chi connectivity index (χ1) is 16.2. The van der Waals surface area contributed by atoms with E-state index < -0.39 is 29.4 Å². The van der Waals surface area contributed by atoms with E-state index in [1.54, 1.807) is 6.07 Å². The monoisotopic (exact) mass is 474 g/mol. The van der Waals surface area contributed by atoms with Crippen molar-refractivity contribution in [2.75, 3.05) is 36.4 Å². The van der Waals surface area contributed by atoms with E-state index in [0.29, 0.717) is 18.9 Å². The van der Waals surface area contributed by atoms with Gasteiger partial charge < -0.3 is 15.1 Å². The Morgan fingerprint density at radius 3 is 2.26 bits per heavy atom. The van der Waals surface area contributed by atoms with Gasteiger partial charge in [0.25, 0.3) is 11.8 Å². The van der Waals surface area contributed by atoms with Gasteiger partial charge in [0.1, 0.15) is 11.6 Å². The number of halogens is 4. The van der Waals surface area contributed by atoms with E-state index in [1.165, 1.54) is 35.2 Å². The molecule has 0 aliphatic carbocycles. The van der Waals surface area contributed by atoms with Gasteiger partial charge in [0.05, 0.1) is 17.3 Å². The first kappa shape index (κ1) is 23.1. The SMILES string of the molecule is O=C(Nc1ccc(F)cn1)c1ccc(N2CCN(C(=O)c3ccccc3C(F)(F)F)CC2)nn1. The van der Waals surface area contributed by atoms with Gasteiger partial charge in [0, 0.05) is 26.2 Å². The Bertz CT molecular complexity index is 1180. The normalized spacial score (nSPS) is 14.1. The van der Waals surface area contributed by atoms with Crippen molar-refractivity contribution >= 4 is 23.5 Å². The van der Waals surface area contributed by atoms with Crippen molar-refractivity contribution in [1.29, 1.82) is 0 Å². The molecule has 1 aromatic carbocycles. The maximum absolute atomic E-state index is 13.2. The molecule has 176 valence electrons. The van der Waals surface area contributed by atoms with E-state index in [2.05, 4.69) is 20.5 Å². The molecule has 4 rings (SSSR count). The minimum atomic E-state index is -4.62. The number of nitrogens with zero attached hydrogens (tertiary/aromatic N) is 5. The molecule has 0 atom stereocenters. The van der Waals surface area contributed by atoms with Gasteiger partial charge in [-0.05, 0) is 36.4 Å². The lowest BCUT2D eigenvalue weighted by atomic mass is 10.1. The molecule has 0 spiro atoms. The summed E-state index contributed by atoms with van der Waals surface area (Å²) in [6, 6.07) is 10.2. The van der Waals surface area contributed by atoms with Gasteiger partial charge in [-0.3, -0.25) is 9.59 Å². The van der Waals surface area contributed by atoms with Gasteiger partial charge >= 0.3 is 6.18 Å². The van der Waals surface area contributed by atoms with Crippen LogP contribution < -0.4 is 10.2 Å². The smallest absolute Gasteiger partial charge is 0.352 e. The van der Waals surface area contributed by atoms with Crippen LogP contribution in [0.2, 0.25) is 0 Å². The molecule has 1 aliphatic rings. The maximum atomic E-state index is 13.2. The summed E-state index contributed by atoms with van der Waals surface area (Å²) in [4.78, 5) is 31.9. The quantitative estimate of drug-likeness (QED) is 0.584. The largest absolute Gasteiger partial charge is 0.417 e. The van der Waals surface area contributed by atoms with Gasteiger partial charge in [-0.25, -0.2) is 9.37 Å². The number of anilines is 2. The highest BCUT2D eigenvalue weighted by Crippen LogP contribution is 2.32. The van der Waals surface area contributed by atoms with E-state index in [4.69, 9.17) is 0 Å². The lowest BCUT2D eigenvalue weighted by Crippen LogP contribution is -2.49. The fourth-order valence-electron chi connectivity index (χ4n) is 3.47. The molecule has 12 heteroatoms.